The predicted octanol–water partition coefficient (Wildman–Crippen LogP) is -2.24. The van der Waals surface area contributed by atoms with E-state index in [1.807, 2.05) is 0 Å². The fourth-order valence-electron chi connectivity index (χ4n) is 0.379. The van der Waals surface area contributed by atoms with E-state index >= 15 is 0 Å². The molecule has 4 nitrogen and oxygen atoms in total. The molecule has 1 amide bonds. The van der Waals surface area contributed by atoms with Gasteiger partial charge in [-0.1, -0.05) is 0 Å². The normalized spacial score (nSPS) is 39.4. The first-order valence-corrected chi connectivity index (χ1v) is 1.96. The molecule has 1 aliphatic rings. The third-order valence-corrected chi connectivity index (χ3v) is 0.933. The van der Waals surface area contributed by atoms with Crippen LogP contribution < -0.4 is 11.1 Å². The van der Waals surface area contributed by atoms with E-state index in [9.17, 15) is 4.79 Å². The van der Waals surface area contributed by atoms with Gasteiger partial charge in [-0.3, -0.25) is 4.79 Å². The molecule has 0 saturated carbocycles. The minimum atomic E-state index is -0.813. The second-order valence-electron chi connectivity index (χ2n) is 1.48. The lowest BCUT2D eigenvalue weighted by molar-refractivity contribution is -0.139. The van der Waals surface area contributed by atoms with Crippen LogP contribution in [0.3, 0.4) is 0 Å². The van der Waals surface area contributed by atoms with Crippen LogP contribution in [0.4, 0.5) is 0 Å². The van der Waals surface area contributed by atoms with Crippen LogP contribution >= 0.6 is 0 Å². The second kappa shape index (κ2) is 1.18. The van der Waals surface area contributed by atoms with Crippen LogP contribution in [0, 0.1) is 0 Å². The number of β-lactam (4-membered cyclic amide) rings is 1. The van der Waals surface area contributed by atoms with Crippen molar-refractivity contribution < 1.29 is 9.90 Å². The Morgan fingerprint density at radius 1 is 1.86 bits per heavy atom. The summed E-state index contributed by atoms with van der Waals surface area (Å²) in [5.41, 5.74) is 5.00. The van der Waals surface area contributed by atoms with E-state index in [2.05, 4.69) is 5.32 Å². The molecule has 0 aromatic carbocycles. The number of nitrogens with one attached hydrogen (secondary N) is 1. The number of amides is 1. The molecule has 0 aliphatic carbocycles. The van der Waals surface area contributed by atoms with Crippen LogP contribution in [0.1, 0.15) is 0 Å². The van der Waals surface area contributed by atoms with Gasteiger partial charge in [0.25, 0.3) is 0 Å². The fraction of sp³-hybridized carbons (Fsp3) is 0.667. The SMILES string of the molecule is NC1C(=O)NC1O. The molecule has 2 unspecified atom stereocenters. The number of nitrogens with two attached hydrogens (primary N) is 1. The van der Waals surface area contributed by atoms with Crippen molar-refractivity contribution in [3.63, 3.8) is 0 Å². The average Bonchev–Trinajstić information content (AvgIpc) is 1.68. The Balaban J connectivity index is 2.43. The molecule has 0 radical (unpaired) electrons. The fourth-order valence-corrected chi connectivity index (χ4v) is 0.379. The highest BCUT2D eigenvalue weighted by atomic mass is 16.3. The molecule has 0 aromatic heterocycles. The number of hydrogen-bond donors (Lipinski definition) is 3. The molecular weight excluding hydrogens is 96.0 g/mol. The van der Waals surface area contributed by atoms with Gasteiger partial charge in [-0.2, -0.15) is 0 Å². The maximum atomic E-state index is 10.0. The molecule has 0 spiro atoms. The number of carbonyl (C=O) groups excluding carboxylic acids is 1. The van der Waals surface area contributed by atoms with Gasteiger partial charge >= 0.3 is 0 Å². The summed E-state index contributed by atoms with van der Waals surface area (Å²) in [6.45, 7) is 0. The van der Waals surface area contributed by atoms with Crippen molar-refractivity contribution >= 4 is 5.91 Å². The average molecular weight is 102 g/mol. The second-order valence-corrected chi connectivity index (χ2v) is 1.48. The first kappa shape index (κ1) is 4.55. The summed E-state index contributed by atoms with van der Waals surface area (Å²) in [6.07, 6.45) is -0.813. The van der Waals surface area contributed by atoms with E-state index in [-0.39, 0.29) is 5.91 Å². The van der Waals surface area contributed by atoms with Crippen LogP contribution in [-0.2, 0) is 4.79 Å². The zero-order valence-corrected chi connectivity index (χ0v) is 3.59. The number of aliphatic hydroxyl groups excluding tert-OH is 1. The summed E-state index contributed by atoms with van der Waals surface area (Å²) >= 11 is 0. The van der Waals surface area contributed by atoms with Gasteiger partial charge in [0, 0.05) is 0 Å². The van der Waals surface area contributed by atoms with Crippen LogP contribution in [-0.4, -0.2) is 23.3 Å². The molecule has 0 aromatic rings. The summed E-state index contributed by atoms with van der Waals surface area (Å²) in [5, 5.41) is 10.6. The number of aliphatic hydroxyl groups is 1. The summed E-state index contributed by atoms with van der Waals surface area (Å²) in [5.74, 6) is -0.285. The summed E-state index contributed by atoms with van der Waals surface area (Å²) in [6, 6.07) is -0.694. The van der Waals surface area contributed by atoms with E-state index < -0.39 is 12.3 Å². The lowest BCUT2D eigenvalue weighted by Gasteiger charge is -2.28. The Morgan fingerprint density at radius 2 is 2.43 bits per heavy atom. The highest BCUT2D eigenvalue weighted by Crippen LogP contribution is 1.96. The number of carbonyl (C=O) groups is 1. The maximum Gasteiger partial charge on any atom is 0.243 e. The van der Waals surface area contributed by atoms with E-state index in [0.29, 0.717) is 0 Å². The van der Waals surface area contributed by atoms with Gasteiger partial charge in [0.15, 0.2) is 6.23 Å². The van der Waals surface area contributed by atoms with Gasteiger partial charge in [-0.15, -0.1) is 0 Å². The van der Waals surface area contributed by atoms with Gasteiger partial charge in [-0.05, 0) is 0 Å². The Bertz CT molecular complexity index is 103. The summed E-state index contributed by atoms with van der Waals surface area (Å²) in [4.78, 5) is 10.0. The molecule has 1 saturated heterocycles. The lowest BCUT2D eigenvalue weighted by atomic mass is 10.1. The van der Waals surface area contributed by atoms with Crippen molar-refractivity contribution in [3.8, 4) is 0 Å². The molecule has 1 heterocycles. The number of rotatable bonds is 0. The van der Waals surface area contributed by atoms with Gasteiger partial charge in [-0.25, -0.2) is 0 Å². The standard InChI is InChI=1S/C3H6N2O2/c4-1-2(6)5-3(1)7/h1-2,6H,4H2,(H,5,7). The summed E-state index contributed by atoms with van der Waals surface area (Å²) < 4.78 is 0. The van der Waals surface area contributed by atoms with Crippen molar-refractivity contribution in [2.45, 2.75) is 12.3 Å². The molecule has 7 heavy (non-hydrogen) atoms. The molecule has 1 rings (SSSR count). The molecule has 1 aliphatic heterocycles. The van der Waals surface area contributed by atoms with Crippen molar-refractivity contribution in [2.24, 2.45) is 5.73 Å². The predicted molar refractivity (Wildman–Crippen MR) is 22.1 cm³/mol. The first-order chi connectivity index (χ1) is 3.22. The quantitative estimate of drug-likeness (QED) is 0.303. The molecular formula is C3H6N2O2. The number of hydrogen-bond acceptors (Lipinski definition) is 3. The van der Waals surface area contributed by atoms with Gasteiger partial charge in [0.2, 0.25) is 5.91 Å². The van der Waals surface area contributed by atoms with Crippen molar-refractivity contribution in [2.75, 3.05) is 0 Å². The molecule has 4 N–H and O–H groups in total. The minimum absolute atomic E-state index is 0.285. The lowest BCUT2D eigenvalue weighted by Crippen LogP contribution is -2.66. The molecule has 1 fully saturated rings. The minimum Gasteiger partial charge on any atom is -0.371 e. The highest BCUT2D eigenvalue weighted by Gasteiger charge is 2.33. The van der Waals surface area contributed by atoms with E-state index in [0.717, 1.165) is 0 Å². The topological polar surface area (TPSA) is 75.4 Å². The zero-order valence-electron chi connectivity index (χ0n) is 3.59. The van der Waals surface area contributed by atoms with Crippen molar-refractivity contribution in [3.05, 3.63) is 0 Å². The van der Waals surface area contributed by atoms with Crippen LogP contribution in [0.25, 0.3) is 0 Å². The van der Waals surface area contributed by atoms with Crippen molar-refractivity contribution in [1.29, 1.82) is 0 Å². The largest absolute Gasteiger partial charge is 0.371 e. The molecule has 4 heteroatoms. The Morgan fingerprint density at radius 3 is 2.43 bits per heavy atom. The first-order valence-electron chi connectivity index (χ1n) is 1.96. The van der Waals surface area contributed by atoms with Crippen LogP contribution in [0.15, 0.2) is 0 Å². The maximum absolute atomic E-state index is 10.0. The molecule has 40 valence electrons. The van der Waals surface area contributed by atoms with E-state index in [1.54, 1.807) is 0 Å². The third kappa shape index (κ3) is 0.477. The van der Waals surface area contributed by atoms with E-state index in [1.165, 1.54) is 0 Å². The smallest absolute Gasteiger partial charge is 0.243 e. The van der Waals surface area contributed by atoms with Crippen molar-refractivity contribution in [1.82, 2.24) is 5.32 Å². The molecule has 2 atom stereocenters. The zero-order chi connectivity index (χ0) is 5.44. The van der Waals surface area contributed by atoms with Crippen LogP contribution in [0.5, 0.6) is 0 Å². The summed E-state index contributed by atoms with van der Waals surface area (Å²) in [7, 11) is 0. The monoisotopic (exact) mass is 102 g/mol. The highest BCUT2D eigenvalue weighted by molar-refractivity contribution is 5.88. The van der Waals surface area contributed by atoms with E-state index in [4.69, 9.17) is 10.8 Å². The van der Waals surface area contributed by atoms with Gasteiger partial charge in [0.1, 0.15) is 6.04 Å². The van der Waals surface area contributed by atoms with Gasteiger partial charge < -0.3 is 16.2 Å². The Labute approximate surface area is 40.3 Å². The Kier molecular flexibility index (Phi) is 0.765. The van der Waals surface area contributed by atoms with Gasteiger partial charge in [0.05, 0.1) is 0 Å². The Hall–Kier alpha value is -0.610. The third-order valence-electron chi connectivity index (χ3n) is 0.933. The van der Waals surface area contributed by atoms with Crippen LogP contribution in [0.2, 0.25) is 0 Å². The molecule has 0 bridgehead atoms.